The summed E-state index contributed by atoms with van der Waals surface area (Å²) >= 11 is 0. The first-order valence-corrected chi connectivity index (χ1v) is 10.4. The summed E-state index contributed by atoms with van der Waals surface area (Å²) in [5.74, 6) is -0.292. The Bertz CT molecular complexity index is 992. The third kappa shape index (κ3) is 7.05. The van der Waals surface area contributed by atoms with Crippen molar-refractivity contribution >= 4 is 28.8 Å². The molecule has 0 aromatic heterocycles. The second-order valence-electron chi connectivity index (χ2n) is 7.28. The van der Waals surface area contributed by atoms with E-state index in [4.69, 9.17) is 0 Å². The Morgan fingerprint density at radius 3 is 1.75 bits per heavy atom. The Balaban J connectivity index is 1.50. The Morgan fingerprint density at radius 2 is 1.22 bits per heavy atom. The average Bonchev–Trinajstić information content (AvgIpc) is 2.83. The fraction of sp³-hybridized carbons (Fsp3) is 0.200. The highest BCUT2D eigenvalue weighted by atomic mass is 16.2. The summed E-state index contributed by atoms with van der Waals surface area (Å²) in [6.45, 7) is 3.41. The van der Waals surface area contributed by atoms with Gasteiger partial charge in [0, 0.05) is 12.1 Å². The lowest BCUT2D eigenvalue weighted by molar-refractivity contribution is -0.119. The molecule has 0 saturated carbocycles. The first-order valence-electron chi connectivity index (χ1n) is 10.4. The highest BCUT2D eigenvalue weighted by molar-refractivity contribution is 5.94. The third-order valence-corrected chi connectivity index (χ3v) is 4.65. The van der Waals surface area contributed by atoms with Crippen molar-refractivity contribution in [2.45, 2.75) is 32.4 Å². The summed E-state index contributed by atoms with van der Waals surface area (Å²) in [4.78, 5) is 24.8. The van der Waals surface area contributed by atoms with E-state index in [1.807, 2.05) is 72.8 Å². The molecule has 0 spiro atoms. The molecule has 1 N–H and O–H groups in total. The van der Waals surface area contributed by atoms with Crippen LogP contribution in [-0.4, -0.2) is 23.8 Å². The van der Waals surface area contributed by atoms with E-state index in [-0.39, 0.29) is 18.1 Å². The lowest BCUT2D eigenvalue weighted by Gasteiger charge is -2.09. The van der Waals surface area contributed by atoms with E-state index in [1.165, 1.54) is 0 Å². The van der Waals surface area contributed by atoms with Gasteiger partial charge >= 0.3 is 0 Å². The molecule has 0 aliphatic carbocycles. The number of amides is 1. The lowest BCUT2D eigenvalue weighted by atomic mass is 10.0. The minimum atomic E-state index is -0.632. The summed E-state index contributed by atoms with van der Waals surface area (Å²) in [5.41, 5.74) is 2.87. The highest BCUT2D eigenvalue weighted by Gasteiger charge is 2.14. The first-order chi connectivity index (χ1) is 15.5. The Labute approximate surface area is 187 Å². The van der Waals surface area contributed by atoms with Crippen LogP contribution in [0.5, 0.6) is 0 Å². The van der Waals surface area contributed by atoms with Gasteiger partial charge in [-0.2, -0.15) is 20.5 Å². The van der Waals surface area contributed by atoms with Gasteiger partial charge in [-0.05, 0) is 55.8 Å². The number of hydrogen-bond donors (Lipinski definition) is 1. The van der Waals surface area contributed by atoms with Crippen LogP contribution in [0.25, 0.3) is 0 Å². The van der Waals surface area contributed by atoms with Crippen molar-refractivity contribution in [2.24, 2.45) is 20.5 Å². The summed E-state index contributed by atoms with van der Waals surface area (Å²) in [6, 6.07) is 24.5. The van der Waals surface area contributed by atoms with Gasteiger partial charge in [0.25, 0.3) is 5.91 Å². The molecule has 0 aliphatic heterocycles. The molecule has 0 radical (unpaired) electrons. The molecule has 1 amide bonds. The quantitative estimate of drug-likeness (QED) is 0.419. The Hall–Kier alpha value is -4.00. The van der Waals surface area contributed by atoms with Crippen LogP contribution >= 0.6 is 0 Å². The average molecular weight is 428 g/mol. The van der Waals surface area contributed by atoms with Crippen molar-refractivity contribution in [1.82, 2.24) is 0 Å². The Kier molecular flexibility index (Phi) is 8.09. The van der Waals surface area contributed by atoms with Crippen molar-refractivity contribution < 1.29 is 9.59 Å². The van der Waals surface area contributed by atoms with E-state index >= 15 is 0 Å². The number of benzene rings is 3. The maximum absolute atomic E-state index is 12.4. The zero-order chi connectivity index (χ0) is 22.8. The van der Waals surface area contributed by atoms with Crippen molar-refractivity contribution in [3.05, 3.63) is 90.5 Å². The maximum Gasteiger partial charge on any atom is 0.250 e. The zero-order valence-corrected chi connectivity index (χ0v) is 18.1. The van der Waals surface area contributed by atoms with E-state index in [9.17, 15) is 9.59 Å². The second-order valence-corrected chi connectivity index (χ2v) is 7.28. The molecule has 0 saturated heterocycles. The van der Waals surface area contributed by atoms with E-state index < -0.39 is 12.1 Å². The van der Waals surface area contributed by atoms with Crippen LogP contribution in [0, 0.1) is 0 Å². The predicted octanol–water partition coefficient (Wildman–Crippen LogP) is 6.08. The first kappa shape index (κ1) is 22.7. The minimum Gasteiger partial charge on any atom is -0.324 e. The molecule has 3 rings (SSSR count). The number of azo groups is 2. The van der Waals surface area contributed by atoms with E-state index in [0.29, 0.717) is 17.1 Å². The molecule has 2 atom stereocenters. The van der Waals surface area contributed by atoms with Gasteiger partial charge in [0.2, 0.25) is 0 Å². The van der Waals surface area contributed by atoms with Gasteiger partial charge in [-0.15, -0.1) is 0 Å². The summed E-state index contributed by atoms with van der Waals surface area (Å²) in [7, 11) is 0. The summed E-state index contributed by atoms with van der Waals surface area (Å²) in [6.07, 6.45) is 0.241. The van der Waals surface area contributed by atoms with Crippen LogP contribution in [0.4, 0.5) is 17.1 Å². The lowest BCUT2D eigenvalue weighted by Crippen LogP contribution is -2.23. The van der Waals surface area contributed by atoms with Crippen molar-refractivity contribution in [3.8, 4) is 0 Å². The van der Waals surface area contributed by atoms with Gasteiger partial charge in [-0.1, -0.05) is 48.5 Å². The zero-order valence-electron chi connectivity index (χ0n) is 18.1. The number of ketones is 1. The van der Waals surface area contributed by atoms with Crippen molar-refractivity contribution in [3.63, 3.8) is 0 Å². The van der Waals surface area contributed by atoms with Crippen molar-refractivity contribution in [2.75, 3.05) is 5.32 Å². The van der Waals surface area contributed by atoms with E-state index in [2.05, 4.69) is 25.8 Å². The standard InChI is InChI=1S/C25H25N5O2/c1-18(27-29-22-9-5-3-6-10-22)24(31)17-20-13-15-21(16-14-20)26-25(32)19(2)28-30-23-11-7-4-8-12-23/h3-16,18-19H,17H2,1-2H3,(H,26,32). The van der Waals surface area contributed by atoms with Crippen LogP contribution in [0.15, 0.2) is 105 Å². The number of nitrogens with zero attached hydrogens (tertiary/aromatic N) is 4. The number of hydrogen-bond acceptors (Lipinski definition) is 6. The SMILES string of the molecule is CC(N=Nc1ccccc1)C(=O)Cc1ccc(NC(=O)C(C)N=Nc2ccccc2)cc1. The summed E-state index contributed by atoms with van der Waals surface area (Å²) in [5, 5.41) is 19.2. The fourth-order valence-electron chi connectivity index (χ4n) is 2.71. The number of carbonyl (C=O) groups excluding carboxylic acids is 2. The monoisotopic (exact) mass is 427 g/mol. The number of carbonyl (C=O) groups is 2. The molecule has 2 unspecified atom stereocenters. The van der Waals surface area contributed by atoms with Crippen LogP contribution < -0.4 is 5.32 Å². The molecule has 162 valence electrons. The number of Topliss-reactive ketones (excluding diaryl/α,β-unsaturated/α-hetero) is 1. The van der Waals surface area contributed by atoms with Gasteiger partial charge in [0.1, 0.15) is 12.1 Å². The molecule has 0 fully saturated rings. The van der Waals surface area contributed by atoms with Gasteiger partial charge in [0.15, 0.2) is 5.78 Å². The number of anilines is 1. The van der Waals surface area contributed by atoms with Crippen LogP contribution in [0.3, 0.4) is 0 Å². The normalized spacial score (nSPS) is 13.2. The number of nitrogens with one attached hydrogen (secondary N) is 1. The molecule has 7 heteroatoms. The molecular formula is C25H25N5O2. The molecular weight excluding hydrogens is 402 g/mol. The molecule has 32 heavy (non-hydrogen) atoms. The van der Waals surface area contributed by atoms with Gasteiger partial charge in [-0.3, -0.25) is 9.59 Å². The van der Waals surface area contributed by atoms with Gasteiger partial charge < -0.3 is 5.32 Å². The van der Waals surface area contributed by atoms with Crippen LogP contribution in [0.2, 0.25) is 0 Å². The Morgan fingerprint density at radius 1 is 0.719 bits per heavy atom. The van der Waals surface area contributed by atoms with E-state index in [0.717, 1.165) is 5.56 Å². The fourth-order valence-corrected chi connectivity index (χ4v) is 2.71. The molecule has 0 bridgehead atoms. The summed E-state index contributed by atoms with van der Waals surface area (Å²) < 4.78 is 0. The largest absolute Gasteiger partial charge is 0.324 e. The van der Waals surface area contributed by atoms with E-state index in [1.54, 1.807) is 26.0 Å². The van der Waals surface area contributed by atoms with Crippen molar-refractivity contribution in [1.29, 1.82) is 0 Å². The second kappa shape index (κ2) is 11.4. The maximum atomic E-state index is 12.4. The molecule has 3 aromatic rings. The predicted molar refractivity (Wildman–Crippen MR) is 125 cm³/mol. The smallest absolute Gasteiger partial charge is 0.250 e. The van der Waals surface area contributed by atoms with Crippen LogP contribution in [-0.2, 0) is 16.0 Å². The molecule has 3 aromatic carbocycles. The third-order valence-electron chi connectivity index (χ3n) is 4.65. The molecule has 0 heterocycles. The topological polar surface area (TPSA) is 95.6 Å². The van der Waals surface area contributed by atoms with Crippen LogP contribution in [0.1, 0.15) is 19.4 Å². The highest BCUT2D eigenvalue weighted by Crippen LogP contribution is 2.15. The number of rotatable bonds is 9. The minimum absolute atomic E-state index is 0.0311. The van der Waals surface area contributed by atoms with Gasteiger partial charge in [-0.25, -0.2) is 0 Å². The molecule has 0 aliphatic rings. The van der Waals surface area contributed by atoms with Gasteiger partial charge in [0.05, 0.1) is 11.4 Å². The molecule has 7 nitrogen and oxygen atoms in total.